The second-order valence-electron chi connectivity index (χ2n) is 3.98. The molecular formula is C12H22N4. The molecule has 1 aromatic rings. The number of aromatic nitrogens is 2. The van der Waals surface area contributed by atoms with Gasteiger partial charge in [0.2, 0.25) is 0 Å². The van der Waals surface area contributed by atoms with Crippen LogP contribution in [0.1, 0.15) is 32.4 Å². The minimum Gasteiger partial charge on any atom is -0.370 e. The van der Waals surface area contributed by atoms with Crippen LogP contribution in [-0.4, -0.2) is 23.1 Å². The van der Waals surface area contributed by atoms with Gasteiger partial charge in [0.15, 0.2) is 0 Å². The highest BCUT2D eigenvalue weighted by Gasteiger charge is 2.05. The first-order valence-corrected chi connectivity index (χ1v) is 6.05. The second-order valence-corrected chi connectivity index (χ2v) is 3.98. The van der Waals surface area contributed by atoms with E-state index in [9.17, 15) is 0 Å². The molecule has 1 rings (SSSR count). The van der Waals surface area contributed by atoms with E-state index in [1.165, 1.54) is 0 Å². The van der Waals surface area contributed by atoms with Crippen LogP contribution in [0.3, 0.4) is 0 Å². The van der Waals surface area contributed by atoms with Gasteiger partial charge in [0.1, 0.15) is 12.1 Å². The van der Waals surface area contributed by atoms with E-state index in [-0.39, 0.29) is 0 Å². The zero-order valence-corrected chi connectivity index (χ0v) is 10.2. The normalized spacial score (nSPS) is 12.4. The molecule has 0 bridgehead atoms. The molecule has 0 aromatic carbocycles. The van der Waals surface area contributed by atoms with E-state index < -0.39 is 0 Å². The first-order valence-electron chi connectivity index (χ1n) is 6.05. The Morgan fingerprint density at radius 1 is 1.38 bits per heavy atom. The molecule has 1 atom stereocenters. The molecule has 3 N–H and O–H groups in total. The first-order chi connectivity index (χ1) is 7.80. The van der Waals surface area contributed by atoms with Crippen molar-refractivity contribution in [3.05, 3.63) is 18.1 Å². The van der Waals surface area contributed by atoms with E-state index in [0.717, 1.165) is 43.9 Å². The highest BCUT2D eigenvalue weighted by atomic mass is 15.0. The molecule has 0 saturated heterocycles. The third-order valence-corrected chi connectivity index (χ3v) is 2.81. The Morgan fingerprint density at radius 3 is 2.81 bits per heavy atom. The molecule has 0 saturated carbocycles. The van der Waals surface area contributed by atoms with Crippen molar-refractivity contribution in [3.8, 4) is 0 Å². The number of aryl methyl sites for hydroxylation is 1. The number of rotatable bonds is 7. The second kappa shape index (κ2) is 7.17. The lowest BCUT2D eigenvalue weighted by molar-refractivity contribution is 0.501. The van der Waals surface area contributed by atoms with E-state index in [1.807, 2.05) is 6.07 Å². The average Bonchev–Trinajstić information content (AvgIpc) is 2.34. The number of anilines is 1. The minimum atomic E-state index is 0.630. The first kappa shape index (κ1) is 12.9. The SMILES string of the molecule is CCc1cc(NCC(CC)CCN)ncn1. The largest absolute Gasteiger partial charge is 0.370 e. The smallest absolute Gasteiger partial charge is 0.129 e. The zero-order valence-electron chi connectivity index (χ0n) is 10.2. The lowest BCUT2D eigenvalue weighted by Crippen LogP contribution is -2.18. The molecule has 0 radical (unpaired) electrons. The van der Waals surface area contributed by atoms with Crippen molar-refractivity contribution < 1.29 is 0 Å². The minimum absolute atomic E-state index is 0.630. The van der Waals surface area contributed by atoms with Gasteiger partial charge in [0.25, 0.3) is 0 Å². The molecular weight excluding hydrogens is 200 g/mol. The summed E-state index contributed by atoms with van der Waals surface area (Å²) in [7, 11) is 0. The lowest BCUT2D eigenvalue weighted by atomic mass is 10.0. The molecule has 0 aliphatic heterocycles. The van der Waals surface area contributed by atoms with Crippen molar-refractivity contribution in [2.45, 2.75) is 33.1 Å². The van der Waals surface area contributed by atoms with Crippen LogP contribution in [0.5, 0.6) is 0 Å². The third kappa shape index (κ3) is 4.14. The van der Waals surface area contributed by atoms with E-state index in [2.05, 4.69) is 29.1 Å². The van der Waals surface area contributed by atoms with Gasteiger partial charge >= 0.3 is 0 Å². The lowest BCUT2D eigenvalue weighted by Gasteiger charge is -2.15. The Labute approximate surface area is 97.7 Å². The molecule has 0 aliphatic rings. The van der Waals surface area contributed by atoms with E-state index in [0.29, 0.717) is 5.92 Å². The van der Waals surface area contributed by atoms with Crippen molar-refractivity contribution in [3.63, 3.8) is 0 Å². The van der Waals surface area contributed by atoms with Gasteiger partial charge in [-0.1, -0.05) is 20.3 Å². The van der Waals surface area contributed by atoms with Crippen LogP contribution in [0.15, 0.2) is 12.4 Å². The van der Waals surface area contributed by atoms with Crippen LogP contribution in [0.4, 0.5) is 5.82 Å². The van der Waals surface area contributed by atoms with E-state index in [1.54, 1.807) is 6.33 Å². The fraction of sp³-hybridized carbons (Fsp3) is 0.667. The monoisotopic (exact) mass is 222 g/mol. The summed E-state index contributed by atoms with van der Waals surface area (Å²) in [5, 5.41) is 3.35. The fourth-order valence-corrected chi connectivity index (χ4v) is 1.62. The average molecular weight is 222 g/mol. The van der Waals surface area contributed by atoms with Gasteiger partial charge in [-0.3, -0.25) is 0 Å². The molecule has 4 heteroatoms. The summed E-state index contributed by atoms with van der Waals surface area (Å²) >= 11 is 0. The summed E-state index contributed by atoms with van der Waals surface area (Å²) in [6.45, 7) is 5.98. The van der Waals surface area contributed by atoms with Gasteiger partial charge in [-0.25, -0.2) is 9.97 Å². The maximum absolute atomic E-state index is 5.57. The van der Waals surface area contributed by atoms with Gasteiger partial charge in [-0.2, -0.15) is 0 Å². The van der Waals surface area contributed by atoms with Crippen molar-refractivity contribution in [1.82, 2.24) is 9.97 Å². The maximum atomic E-state index is 5.57. The number of hydrogen-bond donors (Lipinski definition) is 2. The van der Waals surface area contributed by atoms with Crippen molar-refractivity contribution >= 4 is 5.82 Å². The molecule has 0 fully saturated rings. The Morgan fingerprint density at radius 2 is 2.19 bits per heavy atom. The van der Waals surface area contributed by atoms with Gasteiger partial charge < -0.3 is 11.1 Å². The summed E-state index contributed by atoms with van der Waals surface area (Å²) in [5.74, 6) is 1.55. The van der Waals surface area contributed by atoms with Crippen molar-refractivity contribution in [1.29, 1.82) is 0 Å². The van der Waals surface area contributed by atoms with Gasteiger partial charge in [-0.05, 0) is 25.3 Å². The Bertz CT molecular complexity index is 301. The standard InChI is InChI=1S/C12H22N4/c1-3-10(5-6-13)8-14-12-7-11(4-2)15-9-16-12/h7,9-10H,3-6,8,13H2,1-2H3,(H,14,15,16). The summed E-state index contributed by atoms with van der Waals surface area (Å²) in [6.07, 6.45) is 4.77. The molecule has 0 amide bonds. The van der Waals surface area contributed by atoms with Gasteiger partial charge in [0, 0.05) is 18.3 Å². The molecule has 1 heterocycles. The Hall–Kier alpha value is -1.16. The third-order valence-electron chi connectivity index (χ3n) is 2.81. The Balaban J connectivity index is 2.46. The van der Waals surface area contributed by atoms with Crippen LogP contribution in [0.2, 0.25) is 0 Å². The van der Waals surface area contributed by atoms with Gasteiger partial charge in [0.05, 0.1) is 0 Å². The van der Waals surface area contributed by atoms with E-state index >= 15 is 0 Å². The summed E-state index contributed by atoms with van der Waals surface area (Å²) < 4.78 is 0. The van der Waals surface area contributed by atoms with Crippen LogP contribution in [-0.2, 0) is 6.42 Å². The van der Waals surface area contributed by atoms with Crippen LogP contribution < -0.4 is 11.1 Å². The summed E-state index contributed by atoms with van der Waals surface area (Å²) in [4.78, 5) is 8.37. The van der Waals surface area contributed by atoms with Crippen LogP contribution >= 0.6 is 0 Å². The zero-order chi connectivity index (χ0) is 11.8. The van der Waals surface area contributed by atoms with E-state index in [4.69, 9.17) is 5.73 Å². The fourth-order valence-electron chi connectivity index (χ4n) is 1.62. The molecule has 1 aromatic heterocycles. The molecule has 90 valence electrons. The number of nitrogens with zero attached hydrogens (tertiary/aromatic N) is 2. The Kier molecular flexibility index (Phi) is 5.78. The number of nitrogens with one attached hydrogen (secondary N) is 1. The maximum Gasteiger partial charge on any atom is 0.129 e. The number of nitrogens with two attached hydrogens (primary N) is 1. The number of hydrogen-bond acceptors (Lipinski definition) is 4. The quantitative estimate of drug-likeness (QED) is 0.738. The van der Waals surface area contributed by atoms with Crippen LogP contribution in [0, 0.1) is 5.92 Å². The predicted octanol–water partition coefficient (Wildman–Crippen LogP) is 1.83. The van der Waals surface area contributed by atoms with Gasteiger partial charge in [-0.15, -0.1) is 0 Å². The molecule has 0 aliphatic carbocycles. The molecule has 4 nitrogen and oxygen atoms in total. The molecule has 1 unspecified atom stereocenters. The highest BCUT2D eigenvalue weighted by molar-refractivity contribution is 5.34. The summed E-state index contributed by atoms with van der Waals surface area (Å²) in [6, 6.07) is 2.01. The van der Waals surface area contributed by atoms with Crippen molar-refractivity contribution in [2.24, 2.45) is 11.7 Å². The predicted molar refractivity (Wildman–Crippen MR) is 67.4 cm³/mol. The molecule has 0 spiro atoms. The van der Waals surface area contributed by atoms with Crippen LogP contribution in [0.25, 0.3) is 0 Å². The summed E-state index contributed by atoms with van der Waals surface area (Å²) in [5.41, 5.74) is 6.64. The topological polar surface area (TPSA) is 63.8 Å². The van der Waals surface area contributed by atoms with Crippen molar-refractivity contribution in [2.75, 3.05) is 18.4 Å². The highest BCUT2D eigenvalue weighted by Crippen LogP contribution is 2.10. The molecule has 16 heavy (non-hydrogen) atoms.